The molecule has 0 aromatic carbocycles. The Morgan fingerprint density at radius 2 is 2.15 bits per heavy atom. The van der Waals surface area contributed by atoms with Crippen molar-refractivity contribution in [1.29, 1.82) is 0 Å². The third-order valence-corrected chi connectivity index (χ3v) is 2.80. The predicted molar refractivity (Wildman–Crippen MR) is 77.9 cm³/mol. The van der Waals surface area contributed by atoms with E-state index in [0.717, 1.165) is 17.0 Å². The van der Waals surface area contributed by atoms with E-state index in [-0.39, 0.29) is 0 Å². The second-order valence-electron chi connectivity index (χ2n) is 5.81. The Hall–Kier alpha value is -2.04. The van der Waals surface area contributed by atoms with Gasteiger partial charge < -0.3 is 14.5 Å². The van der Waals surface area contributed by atoms with Gasteiger partial charge in [-0.15, -0.1) is 0 Å². The second-order valence-corrected chi connectivity index (χ2v) is 5.81. The van der Waals surface area contributed by atoms with Gasteiger partial charge in [-0.1, -0.05) is 6.07 Å². The number of carbonyl (C=O) groups is 1. The lowest BCUT2D eigenvalue weighted by atomic mass is 10.2. The first-order valence-corrected chi connectivity index (χ1v) is 6.75. The number of nitrogens with one attached hydrogen (secondary N) is 1. The highest BCUT2D eigenvalue weighted by molar-refractivity contribution is 5.67. The molecular weight excluding hydrogens is 254 g/mol. The van der Waals surface area contributed by atoms with E-state index in [9.17, 15) is 4.79 Å². The van der Waals surface area contributed by atoms with E-state index >= 15 is 0 Å². The van der Waals surface area contributed by atoms with Gasteiger partial charge in [-0.05, 0) is 39.8 Å². The molecule has 2 heterocycles. The van der Waals surface area contributed by atoms with E-state index in [2.05, 4.69) is 10.3 Å². The van der Waals surface area contributed by atoms with Crippen LogP contribution in [-0.2, 0) is 11.2 Å². The fourth-order valence-corrected chi connectivity index (χ4v) is 1.93. The fraction of sp³-hybridized carbons (Fsp3) is 0.467. The number of imidazole rings is 1. The van der Waals surface area contributed by atoms with Gasteiger partial charge in [0.25, 0.3) is 0 Å². The first-order chi connectivity index (χ1) is 9.35. The van der Waals surface area contributed by atoms with E-state index in [0.29, 0.717) is 13.0 Å². The van der Waals surface area contributed by atoms with E-state index < -0.39 is 11.7 Å². The van der Waals surface area contributed by atoms with Crippen molar-refractivity contribution in [2.75, 3.05) is 6.54 Å². The van der Waals surface area contributed by atoms with Crippen LogP contribution in [0.2, 0.25) is 0 Å². The molecule has 0 aliphatic carbocycles. The zero-order valence-electron chi connectivity index (χ0n) is 12.4. The number of amides is 1. The minimum Gasteiger partial charge on any atom is -0.444 e. The Kier molecular flexibility index (Phi) is 3.97. The largest absolute Gasteiger partial charge is 0.444 e. The van der Waals surface area contributed by atoms with Gasteiger partial charge in [0, 0.05) is 24.9 Å². The molecule has 1 N–H and O–H groups in total. The molecule has 5 nitrogen and oxygen atoms in total. The molecule has 0 spiro atoms. The molecule has 0 radical (unpaired) electrons. The Morgan fingerprint density at radius 1 is 1.40 bits per heavy atom. The molecule has 0 unspecified atom stereocenters. The lowest BCUT2D eigenvalue weighted by Gasteiger charge is -2.19. The Labute approximate surface area is 119 Å². The van der Waals surface area contributed by atoms with Gasteiger partial charge in [-0.25, -0.2) is 9.78 Å². The topological polar surface area (TPSA) is 55.6 Å². The number of hydrogen-bond acceptors (Lipinski definition) is 3. The quantitative estimate of drug-likeness (QED) is 0.937. The molecule has 0 aliphatic rings. The summed E-state index contributed by atoms with van der Waals surface area (Å²) in [5.74, 6) is 0. The van der Waals surface area contributed by atoms with Crippen molar-refractivity contribution in [3.63, 3.8) is 0 Å². The van der Waals surface area contributed by atoms with Crippen molar-refractivity contribution in [2.24, 2.45) is 0 Å². The highest BCUT2D eigenvalue weighted by atomic mass is 16.6. The number of alkyl carbamates (subject to hydrolysis) is 1. The van der Waals surface area contributed by atoms with E-state index in [1.165, 1.54) is 0 Å². The molecule has 1 amide bonds. The lowest BCUT2D eigenvalue weighted by Crippen LogP contribution is -2.33. The normalized spacial score (nSPS) is 11.6. The van der Waals surface area contributed by atoms with E-state index in [4.69, 9.17) is 4.74 Å². The van der Waals surface area contributed by atoms with Gasteiger partial charge >= 0.3 is 6.09 Å². The molecule has 20 heavy (non-hydrogen) atoms. The number of ether oxygens (including phenoxy) is 1. The number of nitrogens with zero attached hydrogens (tertiary/aromatic N) is 2. The Morgan fingerprint density at radius 3 is 2.80 bits per heavy atom. The summed E-state index contributed by atoms with van der Waals surface area (Å²) >= 11 is 0. The van der Waals surface area contributed by atoms with Crippen molar-refractivity contribution in [1.82, 2.24) is 14.7 Å². The first kappa shape index (κ1) is 14.4. The average molecular weight is 275 g/mol. The lowest BCUT2D eigenvalue weighted by molar-refractivity contribution is 0.0528. The van der Waals surface area contributed by atoms with Gasteiger partial charge in [0.15, 0.2) is 0 Å². The van der Waals surface area contributed by atoms with Gasteiger partial charge in [-0.3, -0.25) is 0 Å². The zero-order chi connectivity index (χ0) is 14.8. The molecule has 0 saturated heterocycles. The average Bonchev–Trinajstić information content (AvgIpc) is 2.71. The van der Waals surface area contributed by atoms with Crippen LogP contribution in [0.25, 0.3) is 5.65 Å². The molecule has 0 fully saturated rings. The standard InChI is InChI=1S/C15H21N3O2/c1-11-6-5-7-13-17-12(10-18(11)13)8-9-16-14(19)20-15(2,3)4/h5-7,10H,8-9H2,1-4H3,(H,16,19). The summed E-state index contributed by atoms with van der Waals surface area (Å²) in [6, 6.07) is 6.00. The molecule has 0 aliphatic heterocycles. The summed E-state index contributed by atoms with van der Waals surface area (Å²) in [7, 11) is 0. The van der Waals surface area contributed by atoms with Gasteiger partial charge in [0.2, 0.25) is 0 Å². The van der Waals surface area contributed by atoms with Crippen molar-refractivity contribution in [3.8, 4) is 0 Å². The number of fused-ring (bicyclic) bond motifs is 1. The predicted octanol–water partition coefficient (Wildman–Crippen LogP) is 2.71. The fourth-order valence-electron chi connectivity index (χ4n) is 1.93. The summed E-state index contributed by atoms with van der Waals surface area (Å²) in [6.07, 6.45) is 2.29. The maximum Gasteiger partial charge on any atom is 0.407 e. The van der Waals surface area contributed by atoms with Crippen LogP contribution < -0.4 is 5.32 Å². The maximum absolute atomic E-state index is 11.5. The molecular formula is C15H21N3O2. The smallest absolute Gasteiger partial charge is 0.407 e. The van der Waals surface area contributed by atoms with Crippen LogP contribution in [0.4, 0.5) is 4.79 Å². The van der Waals surface area contributed by atoms with Crippen LogP contribution in [-0.4, -0.2) is 27.6 Å². The highest BCUT2D eigenvalue weighted by Gasteiger charge is 2.15. The van der Waals surface area contributed by atoms with Crippen LogP contribution in [0, 0.1) is 6.92 Å². The number of aryl methyl sites for hydroxylation is 1. The van der Waals surface area contributed by atoms with Crippen LogP contribution in [0.1, 0.15) is 32.2 Å². The number of rotatable bonds is 3. The van der Waals surface area contributed by atoms with Crippen LogP contribution in [0.15, 0.2) is 24.4 Å². The molecule has 108 valence electrons. The summed E-state index contributed by atoms with van der Waals surface area (Å²) in [5.41, 5.74) is 2.55. The number of carbonyl (C=O) groups excluding carboxylic acids is 1. The summed E-state index contributed by atoms with van der Waals surface area (Å²) < 4.78 is 7.22. The van der Waals surface area contributed by atoms with E-state index in [1.807, 2.05) is 56.5 Å². The Balaban J connectivity index is 1.90. The third kappa shape index (κ3) is 3.73. The molecule has 0 saturated carbocycles. The van der Waals surface area contributed by atoms with Crippen molar-refractivity contribution in [2.45, 2.75) is 39.7 Å². The Bertz CT molecular complexity index is 611. The monoisotopic (exact) mass is 275 g/mol. The van der Waals surface area contributed by atoms with Crippen LogP contribution >= 0.6 is 0 Å². The minimum absolute atomic E-state index is 0.391. The van der Waals surface area contributed by atoms with E-state index in [1.54, 1.807) is 0 Å². The van der Waals surface area contributed by atoms with Crippen molar-refractivity contribution in [3.05, 3.63) is 35.8 Å². The third-order valence-electron chi connectivity index (χ3n) is 2.80. The molecule has 5 heteroatoms. The molecule has 2 aromatic heterocycles. The maximum atomic E-state index is 11.5. The first-order valence-electron chi connectivity index (χ1n) is 6.75. The van der Waals surface area contributed by atoms with Crippen LogP contribution in [0.3, 0.4) is 0 Å². The second kappa shape index (κ2) is 5.53. The van der Waals surface area contributed by atoms with Crippen LogP contribution in [0.5, 0.6) is 0 Å². The molecule has 2 rings (SSSR count). The zero-order valence-corrected chi connectivity index (χ0v) is 12.4. The SMILES string of the molecule is Cc1cccc2nc(CCNC(=O)OC(C)(C)C)cn12. The molecule has 0 atom stereocenters. The molecule has 2 aromatic rings. The highest BCUT2D eigenvalue weighted by Crippen LogP contribution is 2.09. The van der Waals surface area contributed by atoms with Crippen molar-refractivity contribution < 1.29 is 9.53 Å². The minimum atomic E-state index is -0.468. The number of pyridine rings is 1. The molecule has 0 bridgehead atoms. The van der Waals surface area contributed by atoms with Gasteiger partial charge in [-0.2, -0.15) is 0 Å². The summed E-state index contributed by atoms with van der Waals surface area (Å²) in [4.78, 5) is 16.0. The van der Waals surface area contributed by atoms with Gasteiger partial charge in [0.05, 0.1) is 5.69 Å². The van der Waals surface area contributed by atoms with Crippen molar-refractivity contribution >= 4 is 11.7 Å². The summed E-state index contributed by atoms with van der Waals surface area (Å²) in [5, 5.41) is 2.74. The van der Waals surface area contributed by atoms with Gasteiger partial charge in [0.1, 0.15) is 11.2 Å². The summed E-state index contributed by atoms with van der Waals surface area (Å²) in [6.45, 7) is 8.08. The number of hydrogen-bond donors (Lipinski definition) is 1. The number of aromatic nitrogens is 2.